The molecule has 0 amide bonds. The third-order valence-corrected chi connectivity index (χ3v) is 6.29. The molecule has 1 aromatic heterocycles. The van der Waals surface area contributed by atoms with Gasteiger partial charge in [0.2, 0.25) is 0 Å². The van der Waals surface area contributed by atoms with Gasteiger partial charge in [0, 0.05) is 22.5 Å². The normalized spacial score (nSPS) is 13.1. The van der Waals surface area contributed by atoms with Crippen molar-refractivity contribution in [3.05, 3.63) is 112 Å². The van der Waals surface area contributed by atoms with Crippen molar-refractivity contribution in [3.8, 4) is 0 Å². The summed E-state index contributed by atoms with van der Waals surface area (Å²) < 4.78 is 0. The number of pyridine rings is 1. The van der Waals surface area contributed by atoms with E-state index in [9.17, 15) is 9.90 Å². The maximum Gasteiger partial charge on any atom is 0.335 e. The Kier molecular flexibility index (Phi) is 6.57. The molecule has 0 radical (unpaired) electrons. The lowest BCUT2D eigenvalue weighted by molar-refractivity contribution is 0.0697. The first-order chi connectivity index (χ1) is 15.5. The number of aromatic nitrogens is 1. The van der Waals surface area contributed by atoms with Crippen molar-refractivity contribution in [2.75, 3.05) is 0 Å². The van der Waals surface area contributed by atoms with Crippen molar-refractivity contribution in [1.82, 2.24) is 4.98 Å². The van der Waals surface area contributed by atoms with Gasteiger partial charge in [0.1, 0.15) is 0 Å². The van der Waals surface area contributed by atoms with Crippen LogP contribution in [0.3, 0.4) is 0 Å². The second-order valence-corrected chi connectivity index (χ2v) is 8.75. The van der Waals surface area contributed by atoms with Gasteiger partial charge in [-0.15, -0.1) is 0 Å². The predicted molar refractivity (Wildman–Crippen MR) is 131 cm³/mol. The van der Waals surface area contributed by atoms with Gasteiger partial charge in [0.15, 0.2) is 0 Å². The van der Waals surface area contributed by atoms with Crippen molar-refractivity contribution in [3.63, 3.8) is 0 Å². The molecule has 0 aliphatic rings. The van der Waals surface area contributed by atoms with E-state index in [1.165, 1.54) is 11.1 Å². The topological polar surface area (TPSA) is 50.2 Å². The van der Waals surface area contributed by atoms with Gasteiger partial charge in [-0.3, -0.25) is 4.98 Å². The number of carboxylic acid groups (broad SMARTS) is 1. The van der Waals surface area contributed by atoms with Crippen LogP contribution >= 0.6 is 11.6 Å². The molecule has 3 aromatic carbocycles. The molecular formula is C28H26ClNO2. The average Bonchev–Trinajstić information content (AvgIpc) is 2.80. The van der Waals surface area contributed by atoms with Gasteiger partial charge >= 0.3 is 5.97 Å². The molecule has 0 aliphatic carbocycles. The average molecular weight is 444 g/mol. The third kappa shape index (κ3) is 4.68. The highest BCUT2D eigenvalue weighted by molar-refractivity contribution is 6.30. The molecule has 1 N–H and O–H groups in total. The number of halogens is 1. The number of nitrogens with zero attached hydrogens (tertiary/aromatic N) is 1. The summed E-state index contributed by atoms with van der Waals surface area (Å²) in [5, 5.41) is 11.1. The van der Waals surface area contributed by atoms with Crippen LogP contribution in [0.1, 0.15) is 64.2 Å². The Balaban J connectivity index is 1.86. The van der Waals surface area contributed by atoms with E-state index in [-0.39, 0.29) is 11.8 Å². The predicted octanol–water partition coefficient (Wildman–Crippen LogP) is 7.61. The van der Waals surface area contributed by atoms with Crippen LogP contribution in [0.4, 0.5) is 0 Å². The minimum absolute atomic E-state index is 0.0705. The Hall–Kier alpha value is -3.17. The van der Waals surface area contributed by atoms with Crippen LogP contribution in [0.2, 0.25) is 5.02 Å². The Morgan fingerprint density at radius 3 is 2.28 bits per heavy atom. The number of aromatic carboxylic acids is 1. The SMILES string of the molecule is CCC[C@H](c1ccc(C(=O)O)cc1)C(c1ccc(Cl)cc1)c1cnc2cc(C)ccc2c1. The van der Waals surface area contributed by atoms with Gasteiger partial charge in [-0.05, 0) is 77.9 Å². The smallest absolute Gasteiger partial charge is 0.335 e. The molecule has 0 saturated carbocycles. The van der Waals surface area contributed by atoms with Crippen LogP contribution in [-0.4, -0.2) is 16.1 Å². The van der Waals surface area contributed by atoms with Crippen molar-refractivity contribution >= 4 is 28.5 Å². The number of fused-ring (bicyclic) bond motifs is 1. The minimum atomic E-state index is -0.910. The number of carboxylic acids is 1. The van der Waals surface area contributed by atoms with Crippen LogP contribution in [0, 0.1) is 6.92 Å². The molecule has 1 heterocycles. The van der Waals surface area contributed by atoms with Crippen molar-refractivity contribution in [2.45, 2.75) is 38.5 Å². The zero-order chi connectivity index (χ0) is 22.7. The standard InChI is InChI=1S/C28H26ClNO2/c1-3-4-25(19-7-9-21(10-8-19)28(31)32)27(20-11-13-24(29)14-12-20)23-16-22-6-5-18(2)15-26(22)30-17-23/h5-17,25,27H,3-4H2,1-2H3,(H,31,32)/t25-,27?/m1/s1. The summed E-state index contributed by atoms with van der Waals surface area (Å²) in [6, 6.07) is 23.9. The Bertz CT molecular complexity index is 1230. The van der Waals surface area contributed by atoms with Gasteiger partial charge in [0.05, 0.1) is 11.1 Å². The Labute approximate surface area is 193 Å². The molecule has 0 saturated heterocycles. The molecule has 4 rings (SSSR count). The fraction of sp³-hybridized carbons (Fsp3) is 0.214. The Morgan fingerprint density at radius 1 is 0.938 bits per heavy atom. The second-order valence-electron chi connectivity index (χ2n) is 8.32. The van der Waals surface area contributed by atoms with Crippen LogP contribution < -0.4 is 0 Å². The molecule has 0 bridgehead atoms. The lowest BCUT2D eigenvalue weighted by atomic mass is 9.75. The van der Waals surface area contributed by atoms with Crippen LogP contribution in [-0.2, 0) is 0 Å². The fourth-order valence-electron chi connectivity index (χ4n) is 4.46. The van der Waals surface area contributed by atoms with E-state index in [1.807, 2.05) is 30.5 Å². The molecule has 162 valence electrons. The minimum Gasteiger partial charge on any atom is -0.478 e. The summed E-state index contributed by atoms with van der Waals surface area (Å²) in [4.78, 5) is 16.1. The number of hydrogen-bond donors (Lipinski definition) is 1. The summed E-state index contributed by atoms with van der Waals surface area (Å²) in [6.07, 6.45) is 3.95. The van der Waals surface area contributed by atoms with Crippen molar-refractivity contribution in [1.29, 1.82) is 0 Å². The lowest BCUT2D eigenvalue weighted by Crippen LogP contribution is -2.14. The van der Waals surface area contributed by atoms with Gasteiger partial charge in [-0.25, -0.2) is 4.79 Å². The van der Waals surface area contributed by atoms with Crippen molar-refractivity contribution in [2.24, 2.45) is 0 Å². The molecule has 0 fully saturated rings. The van der Waals surface area contributed by atoms with Gasteiger partial charge in [0.25, 0.3) is 0 Å². The number of hydrogen-bond acceptors (Lipinski definition) is 2. The first kappa shape index (κ1) is 22.0. The molecule has 0 aliphatic heterocycles. The van der Waals surface area contributed by atoms with Crippen LogP contribution in [0.25, 0.3) is 10.9 Å². The number of benzene rings is 3. The number of aryl methyl sites for hydroxylation is 1. The summed E-state index contributed by atoms with van der Waals surface area (Å²) >= 11 is 6.19. The molecule has 4 heteroatoms. The van der Waals surface area contributed by atoms with Gasteiger partial charge in [-0.2, -0.15) is 0 Å². The fourth-order valence-corrected chi connectivity index (χ4v) is 4.58. The molecule has 0 spiro atoms. The van der Waals surface area contributed by atoms with Crippen molar-refractivity contribution < 1.29 is 9.90 Å². The highest BCUT2D eigenvalue weighted by Crippen LogP contribution is 2.42. The summed E-state index contributed by atoms with van der Waals surface area (Å²) in [5.41, 5.74) is 5.92. The molecular weight excluding hydrogens is 418 g/mol. The van der Waals surface area contributed by atoms with Gasteiger partial charge in [-0.1, -0.05) is 61.3 Å². The third-order valence-electron chi connectivity index (χ3n) is 6.04. The van der Waals surface area contributed by atoms with E-state index in [0.29, 0.717) is 10.6 Å². The highest BCUT2D eigenvalue weighted by atomic mass is 35.5. The Morgan fingerprint density at radius 2 is 1.62 bits per heavy atom. The summed E-state index contributed by atoms with van der Waals surface area (Å²) in [7, 11) is 0. The van der Waals surface area contributed by atoms with E-state index < -0.39 is 5.97 Å². The van der Waals surface area contributed by atoms with E-state index in [1.54, 1.807) is 12.1 Å². The summed E-state index contributed by atoms with van der Waals surface area (Å²) in [6.45, 7) is 4.25. The maximum absolute atomic E-state index is 11.3. The summed E-state index contributed by atoms with van der Waals surface area (Å²) in [5.74, 6) is -0.665. The quantitative estimate of drug-likeness (QED) is 0.319. The first-order valence-electron chi connectivity index (χ1n) is 10.9. The van der Waals surface area contributed by atoms with E-state index in [2.05, 4.69) is 50.2 Å². The van der Waals surface area contributed by atoms with E-state index in [0.717, 1.165) is 34.9 Å². The number of carbonyl (C=O) groups is 1. The molecule has 4 aromatic rings. The highest BCUT2D eigenvalue weighted by Gasteiger charge is 2.27. The number of rotatable bonds is 7. The molecule has 1 unspecified atom stereocenters. The van der Waals surface area contributed by atoms with E-state index >= 15 is 0 Å². The monoisotopic (exact) mass is 443 g/mol. The zero-order valence-corrected chi connectivity index (χ0v) is 19.0. The maximum atomic E-state index is 11.3. The van der Waals surface area contributed by atoms with Crippen LogP contribution in [0.5, 0.6) is 0 Å². The first-order valence-corrected chi connectivity index (χ1v) is 11.3. The second kappa shape index (κ2) is 9.54. The lowest BCUT2D eigenvalue weighted by Gasteiger charge is -2.29. The molecule has 3 nitrogen and oxygen atoms in total. The molecule has 32 heavy (non-hydrogen) atoms. The zero-order valence-electron chi connectivity index (χ0n) is 18.3. The van der Waals surface area contributed by atoms with E-state index in [4.69, 9.17) is 16.6 Å². The largest absolute Gasteiger partial charge is 0.478 e. The van der Waals surface area contributed by atoms with Crippen LogP contribution in [0.15, 0.2) is 79.0 Å². The molecule has 2 atom stereocenters. The van der Waals surface area contributed by atoms with Gasteiger partial charge < -0.3 is 5.11 Å².